The van der Waals surface area contributed by atoms with Gasteiger partial charge in [0.1, 0.15) is 0 Å². The van der Waals surface area contributed by atoms with E-state index in [1.165, 1.54) is 4.90 Å². The van der Waals surface area contributed by atoms with E-state index in [4.69, 9.17) is 23.2 Å². The van der Waals surface area contributed by atoms with Gasteiger partial charge >= 0.3 is 0 Å². The Kier molecular flexibility index (Phi) is 6.32. The third kappa shape index (κ3) is 4.20. The van der Waals surface area contributed by atoms with Crippen LogP contribution in [0.3, 0.4) is 0 Å². The lowest BCUT2D eigenvalue weighted by Crippen LogP contribution is -2.51. The van der Waals surface area contributed by atoms with E-state index in [1.807, 2.05) is 49.4 Å². The molecule has 0 bridgehead atoms. The van der Waals surface area contributed by atoms with Crippen molar-refractivity contribution in [3.05, 3.63) is 64.1 Å². The maximum atomic E-state index is 13.0. The van der Waals surface area contributed by atoms with E-state index in [2.05, 4.69) is 9.80 Å². The molecule has 0 N–H and O–H groups in total. The number of rotatable bonds is 5. The Hall–Kier alpha value is -2.08. The molecule has 4 rings (SSSR count). The van der Waals surface area contributed by atoms with Crippen LogP contribution in [0.4, 0.5) is 5.69 Å². The van der Waals surface area contributed by atoms with E-state index in [9.17, 15) is 9.59 Å². The molecular formula is C23H25Cl2N3O2. The molecule has 0 saturated carbocycles. The topological polar surface area (TPSA) is 43.9 Å². The summed E-state index contributed by atoms with van der Waals surface area (Å²) in [6.45, 7) is 5.41. The summed E-state index contributed by atoms with van der Waals surface area (Å²) in [5.41, 5.74) is 2.02. The van der Waals surface area contributed by atoms with Crippen LogP contribution in [0.1, 0.15) is 24.8 Å². The summed E-state index contributed by atoms with van der Waals surface area (Å²) in [7, 11) is 0. The van der Waals surface area contributed by atoms with Crippen molar-refractivity contribution in [1.29, 1.82) is 0 Å². The van der Waals surface area contributed by atoms with E-state index in [0.717, 1.165) is 37.4 Å². The van der Waals surface area contributed by atoms with Gasteiger partial charge in [-0.15, -0.1) is 0 Å². The normalized spacial score (nSPS) is 21.4. The summed E-state index contributed by atoms with van der Waals surface area (Å²) in [4.78, 5) is 31.4. The first-order chi connectivity index (χ1) is 14.5. The lowest BCUT2D eigenvalue weighted by molar-refractivity contribution is -0.142. The van der Waals surface area contributed by atoms with E-state index in [0.29, 0.717) is 16.7 Å². The number of halogens is 2. The minimum Gasteiger partial charge on any atom is -0.368 e. The SMILES string of the molecule is CC(c1ccccc1)C1CC(=O)N(CN2CCN(c3cccc(Cl)c3Cl)CC2)C1=O. The Morgan fingerprint density at radius 1 is 0.967 bits per heavy atom. The van der Waals surface area contributed by atoms with E-state index in [-0.39, 0.29) is 30.1 Å². The average molecular weight is 446 g/mol. The Labute approximate surface area is 187 Å². The van der Waals surface area contributed by atoms with Crippen molar-refractivity contribution in [1.82, 2.24) is 9.80 Å². The third-order valence-electron chi connectivity index (χ3n) is 6.19. The summed E-state index contributed by atoms with van der Waals surface area (Å²) in [5.74, 6) is -0.398. The Balaban J connectivity index is 1.37. The molecular weight excluding hydrogens is 421 g/mol. The summed E-state index contributed by atoms with van der Waals surface area (Å²) in [6, 6.07) is 15.6. The van der Waals surface area contributed by atoms with Gasteiger partial charge in [-0.2, -0.15) is 0 Å². The lowest BCUT2D eigenvalue weighted by atomic mass is 9.86. The van der Waals surface area contributed by atoms with Crippen molar-refractivity contribution >= 4 is 40.7 Å². The van der Waals surface area contributed by atoms with Crippen molar-refractivity contribution in [3.8, 4) is 0 Å². The summed E-state index contributed by atoms with van der Waals surface area (Å²) in [5, 5.41) is 1.11. The van der Waals surface area contributed by atoms with Gasteiger partial charge in [0.2, 0.25) is 11.8 Å². The standard InChI is InChI=1S/C23H25Cl2N3O2/c1-16(17-6-3-2-4-7-17)18-14-21(29)28(23(18)30)15-26-10-12-27(13-11-26)20-9-5-8-19(24)22(20)25/h2-9,16,18H,10-15H2,1H3. The highest BCUT2D eigenvalue weighted by atomic mass is 35.5. The average Bonchev–Trinajstić information content (AvgIpc) is 3.04. The molecule has 30 heavy (non-hydrogen) atoms. The molecule has 2 heterocycles. The van der Waals surface area contributed by atoms with Crippen molar-refractivity contribution in [2.24, 2.45) is 5.92 Å². The first-order valence-electron chi connectivity index (χ1n) is 10.3. The molecule has 0 aliphatic carbocycles. The Morgan fingerprint density at radius 2 is 1.67 bits per heavy atom. The molecule has 2 amide bonds. The number of hydrogen-bond donors (Lipinski definition) is 0. The number of imide groups is 1. The molecule has 0 radical (unpaired) electrons. The van der Waals surface area contributed by atoms with Crippen molar-refractivity contribution in [2.45, 2.75) is 19.3 Å². The van der Waals surface area contributed by atoms with Crippen molar-refractivity contribution in [2.75, 3.05) is 37.7 Å². The van der Waals surface area contributed by atoms with Gasteiger partial charge in [0.15, 0.2) is 0 Å². The second-order valence-electron chi connectivity index (χ2n) is 7.99. The third-order valence-corrected chi connectivity index (χ3v) is 7.00. The van der Waals surface area contributed by atoms with Crippen LogP contribution in [0.5, 0.6) is 0 Å². The van der Waals surface area contributed by atoms with Gasteiger partial charge in [-0.05, 0) is 23.6 Å². The predicted molar refractivity (Wildman–Crippen MR) is 120 cm³/mol. The first-order valence-corrected chi connectivity index (χ1v) is 11.0. The molecule has 2 aromatic rings. The number of benzene rings is 2. The zero-order chi connectivity index (χ0) is 21.3. The summed E-state index contributed by atoms with van der Waals surface area (Å²) >= 11 is 12.5. The molecule has 158 valence electrons. The van der Waals surface area contributed by atoms with Crippen LogP contribution in [0.15, 0.2) is 48.5 Å². The number of amides is 2. The molecule has 2 fully saturated rings. The number of piperazine rings is 1. The van der Waals surface area contributed by atoms with Gasteiger partial charge in [0, 0.05) is 32.6 Å². The molecule has 5 nitrogen and oxygen atoms in total. The fourth-order valence-corrected chi connectivity index (χ4v) is 4.72. The molecule has 2 unspecified atom stereocenters. The second kappa shape index (κ2) is 8.96. The van der Waals surface area contributed by atoms with Gasteiger partial charge in [-0.3, -0.25) is 19.4 Å². The fraction of sp³-hybridized carbons (Fsp3) is 0.391. The number of carbonyl (C=O) groups is 2. The van der Waals surface area contributed by atoms with Gasteiger partial charge in [-0.1, -0.05) is 66.5 Å². The van der Waals surface area contributed by atoms with Crippen LogP contribution in [-0.2, 0) is 9.59 Å². The van der Waals surface area contributed by atoms with Gasteiger partial charge < -0.3 is 4.90 Å². The number of anilines is 1. The molecule has 2 aliphatic rings. The summed E-state index contributed by atoms with van der Waals surface area (Å²) < 4.78 is 0. The number of hydrogen-bond acceptors (Lipinski definition) is 4. The Bertz CT molecular complexity index is 929. The Morgan fingerprint density at radius 3 is 2.37 bits per heavy atom. The molecule has 2 aliphatic heterocycles. The molecule has 0 aromatic heterocycles. The number of likely N-dealkylation sites (tertiary alicyclic amines) is 1. The smallest absolute Gasteiger partial charge is 0.234 e. The minimum atomic E-state index is -0.286. The van der Waals surface area contributed by atoms with Crippen molar-refractivity contribution < 1.29 is 9.59 Å². The highest BCUT2D eigenvalue weighted by Gasteiger charge is 2.42. The van der Waals surface area contributed by atoms with Crippen LogP contribution < -0.4 is 4.90 Å². The highest BCUT2D eigenvalue weighted by molar-refractivity contribution is 6.43. The van der Waals surface area contributed by atoms with Crippen LogP contribution >= 0.6 is 23.2 Å². The van der Waals surface area contributed by atoms with E-state index in [1.54, 1.807) is 6.07 Å². The zero-order valence-corrected chi connectivity index (χ0v) is 18.4. The predicted octanol–water partition coefficient (Wildman–Crippen LogP) is 4.25. The lowest BCUT2D eigenvalue weighted by Gasteiger charge is -2.37. The molecule has 2 atom stereocenters. The van der Waals surface area contributed by atoms with Crippen LogP contribution in [0, 0.1) is 5.92 Å². The van der Waals surface area contributed by atoms with Crippen molar-refractivity contribution in [3.63, 3.8) is 0 Å². The van der Waals surface area contributed by atoms with Crippen LogP contribution in [0.2, 0.25) is 10.0 Å². The number of carbonyl (C=O) groups excluding carboxylic acids is 2. The maximum Gasteiger partial charge on any atom is 0.234 e. The highest BCUT2D eigenvalue weighted by Crippen LogP contribution is 2.35. The zero-order valence-electron chi connectivity index (χ0n) is 16.9. The summed E-state index contributed by atoms with van der Waals surface area (Å²) in [6.07, 6.45) is 0.285. The second-order valence-corrected chi connectivity index (χ2v) is 8.77. The minimum absolute atomic E-state index is 0.0227. The molecule has 7 heteroatoms. The van der Waals surface area contributed by atoms with Crippen LogP contribution in [-0.4, -0.2) is 54.5 Å². The van der Waals surface area contributed by atoms with E-state index >= 15 is 0 Å². The molecule has 0 spiro atoms. The van der Waals surface area contributed by atoms with Gasteiger partial charge in [0.25, 0.3) is 0 Å². The van der Waals surface area contributed by atoms with Crippen LogP contribution in [0.25, 0.3) is 0 Å². The number of nitrogens with zero attached hydrogens (tertiary/aromatic N) is 3. The fourth-order valence-electron chi connectivity index (χ4n) is 4.30. The maximum absolute atomic E-state index is 13.0. The van der Waals surface area contributed by atoms with Gasteiger partial charge in [0.05, 0.1) is 28.3 Å². The molecule has 2 saturated heterocycles. The van der Waals surface area contributed by atoms with E-state index < -0.39 is 0 Å². The largest absolute Gasteiger partial charge is 0.368 e. The monoisotopic (exact) mass is 445 g/mol. The quantitative estimate of drug-likeness (QED) is 0.645. The first kappa shape index (κ1) is 21.2. The van der Waals surface area contributed by atoms with Gasteiger partial charge in [-0.25, -0.2) is 0 Å². The molecule has 2 aromatic carbocycles.